The second-order valence-corrected chi connectivity index (χ2v) is 9.23. The van der Waals surface area contributed by atoms with Crippen LogP contribution in [0.15, 0.2) is 93.6 Å². The molecule has 0 radical (unpaired) electrons. The molecule has 4 aromatic rings. The molecule has 0 bridgehead atoms. The molecule has 1 amide bonds. The van der Waals surface area contributed by atoms with Crippen molar-refractivity contribution in [1.29, 1.82) is 0 Å². The monoisotopic (exact) mass is 519 g/mol. The van der Waals surface area contributed by atoms with E-state index in [0.717, 1.165) is 32.8 Å². The minimum atomic E-state index is -0.212. The number of nitrogens with one attached hydrogen (secondary N) is 1. The van der Waals surface area contributed by atoms with Crippen LogP contribution in [0.2, 0.25) is 0 Å². The summed E-state index contributed by atoms with van der Waals surface area (Å²) in [7, 11) is 0. The van der Waals surface area contributed by atoms with Crippen LogP contribution in [0.3, 0.4) is 0 Å². The molecule has 0 unspecified atom stereocenters. The van der Waals surface area contributed by atoms with Crippen LogP contribution in [0.4, 0.5) is 0 Å². The molecule has 0 aliphatic heterocycles. The lowest BCUT2D eigenvalue weighted by molar-refractivity contribution is -0.118. The van der Waals surface area contributed by atoms with Gasteiger partial charge in [-0.25, -0.2) is 5.43 Å². The third-order valence-corrected chi connectivity index (χ3v) is 6.36. The van der Waals surface area contributed by atoms with Gasteiger partial charge in [-0.3, -0.25) is 9.36 Å². The van der Waals surface area contributed by atoms with Crippen molar-refractivity contribution in [3.05, 3.63) is 94.5 Å². The number of carbonyl (C=O) groups is 1. The molecule has 1 N–H and O–H groups in total. The molecular weight excluding hydrogens is 498 g/mol. The Morgan fingerprint density at radius 1 is 1.00 bits per heavy atom. The number of aryl methyl sites for hydroxylation is 1. The molecule has 0 atom stereocenters. The molecule has 0 saturated heterocycles. The van der Waals surface area contributed by atoms with Gasteiger partial charge in [0.2, 0.25) is 0 Å². The van der Waals surface area contributed by atoms with Crippen molar-refractivity contribution >= 4 is 39.3 Å². The highest BCUT2D eigenvalue weighted by Gasteiger charge is 2.17. The van der Waals surface area contributed by atoms with Crippen molar-refractivity contribution in [3.8, 4) is 17.1 Å². The van der Waals surface area contributed by atoms with Crippen molar-refractivity contribution in [2.24, 2.45) is 5.10 Å². The van der Waals surface area contributed by atoms with Gasteiger partial charge >= 0.3 is 0 Å². The van der Waals surface area contributed by atoms with E-state index in [2.05, 4.69) is 36.7 Å². The number of hydrazone groups is 1. The fourth-order valence-corrected chi connectivity index (χ4v) is 4.14. The van der Waals surface area contributed by atoms with Crippen LogP contribution in [-0.4, -0.2) is 32.1 Å². The molecule has 0 aliphatic carbocycles. The normalized spacial score (nSPS) is 11.4. The molecule has 4 rings (SSSR count). The van der Waals surface area contributed by atoms with Crippen LogP contribution >= 0.6 is 27.7 Å². The molecule has 1 aromatic heterocycles. The number of aromatic nitrogens is 3. The standard InChI is InChI=1S/C25H22BrN5OS/c1-17-8-14-22(15-9-17)31-24(20-6-4-3-5-7-20)29-30-25(31)33-16-23(32)28-27-18(2)19-10-12-21(26)13-11-19/h3-15H,16H2,1-2H3,(H,28,32)/b27-18+. The minimum Gasteiger partial charge on any atom is -0.272 e. The summed E-state index contributed by atoms with van der Waals surface area (Å²) >= 11 is 4.74. The number of halogens is 1. The molecule has 1 heterocycles. The molecule has 33 heavy (non-hydrogen) atoms. The lowest BCUT2D eigenvalue weighted by Gasteiger charge is -2.10. The summed E-state index contributed by atoms with van der Waals surface area (Å²) in [5, 5.41) is 13.6. The Labute approximate surface area is 205 Å². The Hall–Kier alpha value is -3.23. The molecule has 8 heteroatoms. The van der Waals surface area contributed by atoms with Gasteiger partial charge in [0.1, 0.15) is 0 Å². The summed E-state index contributed by atoms with van der Waals surface area (Å²) < 4.78 is 2.97. The van der Waals surface area contributed by atoms with Crippen molar-refractivity contribution in [3.63, 3.8) is 0 Å². The zero-order chi connectivity index (χ0) is 23.2. The summed E-state index contributed by atoms with van der Waals surface area (Å²) in [5.41, 5.74) is 7.37. The highest BCUT2D eigenvalue weighted by atomic mass is 79.9. The van der Waals surface area contributed by atoms with Crippen LogP contribution in [0.1, 0.15) is 18.1 Å². The van der Waals surface area contributed by atoms with Crippen molar-refractivity contribution < 1.29 is 4.79 Å². The van der Waals surface area contributed by atoms with E-state index in [1.807, 2.05) is 97.3 Å². The number of amides is 1. The Balaban J connectivity index is 1.51. The Bertz CT molecular complexity index is 1270. The van der Waals surface area contributed by atoms with Gasteiger partial charge in [0.05, 0.1) is 11.5 Å². The third-order valence-electron chi connectivity index (χ3n) is 4.90. The van der Waals surface area contributed by atoms with Crippen molar-refractivity contribution in [2.45, 2.75) is 19.0 Å². The van der Waals surface area contributed by atoms with Crippen LogP contribution in [-0.2, 0) is 4.79 Å². The number of hydrogen-bond acceptors (Lipinski definition) is 5. The second kappa shape index (κ2) is 10.6. The lowest BCUT2D eigenvalue weighted by Crippen LogP contribution is -2.21. The number of carbonyl (C=O) groups excluding carboxylic acids is 1. The SMILES string of the molecule is C/C(=N\NC(=O)CSc1nnc(-c2ccccc2)n1-c1ccc(C)cc1)c1ccc(Br)cc1. The first-order valence-electron chi connectivity index (χ1n) is 10.3. The maximum Gasteiger partial charge on any atom is 0.250 e. The van der Waals surface area contributed by atoms with E-state index in [1.54, 1.807) is 0 Å². The highest BCUT2D eigenvalue weighted by molar-refractivity contribution is 9.10. The van der Waals surface area contributed by atoms with Gasteiger partial charge in [-0.05, 0) is 43.7 Å². The zero-order valence-corrected chi connectivity index (χ0v) is 20.6. The fourth-order valence-electron chi connectivity index (χ4n) is 3.13. The first-order chi connectivity index (χ1) is 16.0. The molecular formula is C25H22BrN5OS. The van der Waals surface area contributed by atoms with E-state index in [4.69, 9.17) is 0 Å². The topological polar surface area (TPSA) is 72.2 Å². The maximum absolute atomic E-state index is 12.5. The average molecular weight is 520 g/mol. The van der Waals surface area contributed by atoms with Gasteiger partial charge in [-0.1, -0.05) is 87.9 Å². The van der Waals surface area contributed by atoms with Gasteiger partial charge in [-0.2, -0.15) is 5.10 Å². The smallest absolute Gasteiger partial charge is 0.250 e. The molecule has 0 aliphatic rings. The highest BCUT2D eigenvalue weighted by Crippen LogP contribution is 2.28. The summed E-state index contributed by atoms with van der Waals surface area (Å²) in [6, 6.07) is 25.8. The molecule has 0 spiro atoms. The molecule has 0 saturated carbocycles. The number of rotatable bonds is 7. The molecule has 3 aromatic carbocycles. The van der Waals surface area contributed by atoms with Crippen LogP contribution in [0.25, 0.3) is 17.1 Å². The van der Waals surface area contributed by atoms with E-state index in [1.165, 1.54) is 17.3 Å². The first kappa shape index (κ1) is 22.9. The van der Waals surface area contributed by atoms with E-state index < -0.39 is 0 Å². The first-order valence-corrected chi connectivity index (χ1v) is 12.1. The Morgan fingerprint density at radius 2 is 1.70 bits per heavy atom. The van der Waals surface area contributed by atoms with Crippen molar-refractivity contribution in [1.82, 2.24) is 20.2 Å². The fraction of sp³-hybridized carbons (Fsp3) is 0.120. The molecule has 0 fully saturated rings. The predicted octanol–water partition coefficient (Wildman–Crippen LogP) is 5.64. The van der Waals surface area contributed by atoms with E-state index in [9.17, 15) is 4.79 Å². The molecule has 6 nitrogen and oxygen atoms in total. The van der Waals surface area contributed by atoms with Gasteiger partial charge in [-0.15, -0.1) is 10.2 Å². The summed E-state index contributed by atoms with van der Waals surface area (Å²) in [5.74, 6) is 0.679. The van der Waals surface area contributed by atoms with E-state index in [-0.39, 0.29) is 11.7 Å². The molecule has 166 valence electrons. The summed E-state index contributed by atoms with van der Waals surface area (Å²) in [4.78, 5) is 12.5. The van der Waals surface area contributed by atoms with Gasteiger partial charge in [0.15, 0.2) is 11.0 Å². The predicted molar refractivity (Wildman–Crippen MR) is 137 cm³/mol. The Morgan fingerprint density at radius 3 is 2.39 bits per heavy atom. The average Bonchev–Trinajstić information content (AvgIpc) is 3.26. The number of hydrogen-bond donors (Lipinski definition) is 1. The minimum absolute atomic E-state index is 0.163. The number of thioether (sulfide) groups is 1. The third kappa shape index (κ3) is 5.77. The van der Waals surface area contributed by atoms with Gasteiger partial charge in [0, 0.05) is 15.7 Å². The van der Waals surface area contributed by atoms with Gasteiger partial charge < -0.3 is 0 Å². The zero-order valence-electron chi connectivity index (χ0n) is 18.2. The van der Waals surface area contributed by atoms with Crippen molar-refractivity contribution in [2.75, 3.05) is 5.75 Å². The summed E-state index contributed by atoms with van der Waals surface area (Å²) in [6.07, 6.45) is 0. The van der Waals surface area contributed by atoms with Gasteiger partial charge in [0.25, 0.3) is 5.91 Å². The summed E-state index contributed by atoms with van der Waals surface area (Å²) in [6.45, 7) is 3.90. The van der Waals surface area contributed by atoms with Crippen LogP contribution in [0.5, 0.6) is 0 Å². The number of nitrogens with zero attached hydrogens (tertiary/aromatic N) is 4. The largest absolute Gasteiger partial charge is 0.272 e. The Kier molecular flexibility index (Phi) is 7.36. The van der Waals surface area contributed by atoms with E-state index >= 15 is 0 Å². The lowest BCUT2D eigenvalue weighted by atomic mass is 10.1. The van der Waals surface area contributed by atoms with Crippen LogP contribution < -0.4 is 5.43 Å². The van der Waals surface area contributed by atoms with Crippen LogP contribution in [0, 0.1) is 6.92 Å². The second-order valence-electron chi connectivity index (χ2n) is 7.37. The van der Waals surface area contributed by atoms with E-state index in [0.29, 0.717) is 5.16 Å². The number of benzene rings is 3. The quantitative estimate of drug-likeness (QED) is 0.195. The maximum atomic E-state index is 12.5.